The average Bonchev–Trinajstić information content (AvgIpc) is 3.36. The van der Waals surface area contributed by atoms with Gasteiger partial charge in [0, 0.05) is 12.1 Å². The number of ether oxygens (including phenoxy) is 1. The summed E-state index contributed by atoms with van der Waals surface area (Å²) in [6.45, 7) is 19.8. The van der Waals surface area contributed by atoms with Gasteiger partial charge in [-0.3, -0.25) is 4.79 Å². The lowest BCUT2D eigenvalue weighted by atomic mass is 9.32. The lowest BCUT2D eigenvalue weighted by Gasteiger charge is -2.72. The van der Waals surface area contributed by atoms with Crippen LogP contribution in [0, 0.1) is 56.7 Å². The molecule has 42 heavy (non-hydrogen) atoms. The van der Waals surface area contributed by atoms with Crippen molar-refractivity contribution in [3.63, 3.8) is 0 Å². The van der Waals surface area contributed by atoms with Crippen molar-refractivity contribution in [1.29, 1.82) is 0 Å². The average molecular weight is 576 g/mol. The quantitative estimate of drug-likeness (QED) is 0.347. The highest BCUT2D eigenvalue weighted by molar-refractivity contribution is 5.84. The number of aliphatic hydroxyl groups is 1. The molecule has 1 aromatic carbocycles. The lowest BCUT2D eigenvalue weighted by molar-refractivity contribution is -0.246. The third-order valence-corrected chi connectivity index (χ3v) is 15.1. The molecule has 6 rings (SSSR count). The fraction of sp³-hybridized carbons (Fsp3) is 0.763. The summed E-state index contributed by atoms with van der Waals surface area (Å²) in [4.78, 5) is 14.4. The molecule has 4 heteroatoms. The zero-order valence-electron chi connectivity index (χ0n) is 27.5. The highest BCUT2D eigenvalue weighted by Crippen LogP contribution is 2.77. The molecule has 0 radical (unpaired) electrons. The van der Waals surface area contributed by atoms with Crippen molar-refractivity contribution >= 4 is 5.91 Å². The summed E-state index contributed by atoms with van der Waals surface area (Å²) in [6.07, 6.45) is 11.0. The maximum Gasteiger partial charge on any atom is 0.226 e. The van der Waals surface area contributed by atoms with Crippen LogP contribution in [0.15, 0.2) is 36.4 Å². The summed E-state index contributed by atoms with van der Waals surface area (Å²) in [6, 6.07) is 8.04. The van der Waals surface area contributed by atoms with Gasteiger partial charge in [0.2, 0.25) is 5.91 Å². The molecule has 0 spiro atoms. The Morgan fingerprint density at radius 2 is 1.67 bits per heavy atom. The summed E-state index contributed by atoms with van der Waals surface area (Å²) in [7, 11) is 1.70. The molecule has 0 aromatic heterocycles. The Kier molecular flexibility index (Phi) is 7.28. The summed E-state index contributed by atoms with van der Waals surface area (Å²) in [5, 5.41) is 14.5. The largest absolute Gasteiger partial charge is 0.496 e. The van der Waals surface area contributed by atoms with Crippen LogP contribution in [0.3, 0.4) is 0 Å². The second-order valence-corrected chi connectivity index (χ2v) is 16.7. The van der Waals surface area contributed by atoms with Crippen molar-refractivity contribution in [2.24, 2.45) is 56.7 Å². The molecule has 1 amide bonds. The van der Waals surface area contributed by atoms with E-state index in [1.54, 1.807) is 7.11 Å². The Bertz CT molecular complexity index is 1240. The number of allylic oxidation sites excluding steroid dienone is 1. The highest BCUT2D eigenvalue weighted by atomic mass is 16.5. The molecule has 0 bridgehead atoms. The van der Waals surface area contributed by atoms with Crippen molar-refractivity contribution in [3.8, 4) is 5.75 Å². The molecule has 0 aliphatic heterocycles. The van der Waals surface area contributed by atoms with E-state index < -0.39 is 0 Å². The van der Waals surface area contributed by atoms with Gasteiger partial charge >= 0.3 is 0 Å². The van der Waals surface area contributed by atoms with E-state index in [0.717, 1.165) is 49.8 Å². The molecule has 4 nitrogen and oxygen atoms in total. The number of nitrogens with one attached hydrogen (secondary N) is 1. The van der Waals surface area contributed by atoms with E-state index in [1.165, 1.54) is 31.3 Å². The van der Waals surface area contributed by atoms with Crippen LogP contribution in [0.25, 0.3) is 0 Å². The molecule has 0 heterocycles. The predicted octanol–water partition coefficient (Wildman–Crippen LogP) is 8.33. The molecule has 1 aromatic rings. The number of benzene rings is 1. The van der Waals surface area contributed by atoms with E-state index in [-0.39, 0.29) is 39.1 Å². The van der Waals surface area contributed by atoms with E-state index >= 15 is 0 Å². The van der Waals surface area contributed by atoms with Crippen LogP contribution in [0.5, 0.6) is 5.75 Å². The van der Waals surface area contributed by atoms with Crippen molar-refractivity contribution < 1.29 is 14.6 Å². The summed E-state index contributed by atoms with van der Waals surface area (Å²) in [5.74, 6) is 3.66. The maximum atomic E-state index is 14.4. The molecule has 5 aliphatic carbocycles. The third kappa shape index (κ3) is 3.98. The van der Waals surface area contributed by atoms with Crippen molar-refractivity contribution in [1.82, 2.24) is 5.32 Å². The molecule has 2 N–H and O–H groups in total. The Hall–Kier alpha value is -1.81. The number of hydrogen-bond acceptors (Lipinski definition) is 3. The molecular weight excluding hydrogens is 518 g/mol. The van der Waals surface area contributed by atoms with Crippen LogP contribution < -0.4 is 10.1 Å². The Morgan fingerprint density at radius 3 is 2.38 bits per heavy atom. The van der Waals surface area contributed by atoms with E-state index in [1.807, 2.05) is 18.2 Å². The van der Waals surface area contributed by atoms with Crippen LogP contribution in [0.2, 0.25) is 0 Å². The van der Waals surface area contributed by atoms with E-state index in [2.05, 4.69) is 59.5 Å². The standard InChI is InChI=1S/C38H57NO3/c1-24(2)26-15-20-38(33(41)39-23-25-11-9-10-12-28(25)42-8)22-21-36(6)27(32(26)38)13-14-30-35(5)18-17-31(40)34(3,4)29(35)16-19-37(30,36)7/h9-12,26-27,29-32,40H,1,13-23H2,2-8H3,(H,39,41)/t26-,27+,29-,30+,31-,32+,35-,36+,37+,38-/m0/s1. The fourth-order valence-corrected chi connectivity index (χ4v) is 12.7. The molecule has 5 saturated carbocycles. The SMILES string of the molecule is C=C(C)[C@@H]1CC[C@]2(C(=O)NCc3ccccc3OC)CC[C@]3(C)[C@H](CC[C@@H]4[C@@]5(C)CC[C@H](O)C(C)(C)[C@@H]5CC[C@]43C)[C@@H]12. The summed E-state index contributed by atoms with van der Waals surface area (Å²) >= 11 is 0. The minimum atomic E-state index is -0.308. The molecule has 0 saturated heterocycles. The van der Waals surface area contributed by atoms with E-state index in [0.29, 0.717) is 36.1 Å². The van der Waals surface area contributed by atoms with Crippen LogP contribution in [-0.4, -0.2) is 24.2 Å². The first kappa shape index (κ1) is 30.2. The molecular formula is C38H57NO3. The monoisotopic (exact) mass is 575 g/mol. The zero-order valence-corrected chi connectivity index (χ0v) is 27.5. The smallest absolute Gasteiger partial charge is 0.226 e. The third-order valence-electron chi connectivity index (χ3n) is 15.1. The van der Waals surface area contributed by atoms with Gasteiger partial charge in [-0.2, -0.15) is 0 Å². The van der Waals surface area contributed by atoms with Gasteiger partial charge in [-0.1, -0.05) is 65.0 Å². The first-order chi connectivity index (χ1) is 19.8. The molecule has 5 fully saturated rings. The number of amides is 1. The predicted molar refractivity (Wildman–Crippen MR) is 170 cm³/mol. The number of hydrogen-bond donors (Lipinski definition) is 2. The Balaban J connectivity index is 1.33. The van der Waals surface area contributed by atoms with E-state index in [4.69, 9.17) is 4.74 Å². The normalized spacial score (nSPS) is 45.5. The number of para-hydroxylation sites is 1. The molecule has 0 unspecified atom stereocenters. The van der Waals surface area contributed by atoms with Crippen LogP contribution in [0.4, 0.5) is 0 Å². The van der Waals surface area contributed by atoms with Gasteiger partial charge in [-0.25, -0.2) is 0 Å². The second-order valence-electron chi connectivity index (χ2n) is 16.7. The van der Waals surface area contributed by atoms with Gasteiger partial charge in [0.15, 0.2) is 0 Å². The van der Waals surface area contributed by atoms with Crippen molar-refractivity contribution in [2.75, 3.05) is 7.11 Å². The fourth-order valence-electron chi connectivity index (χ4n) is 12.7. The van der Waals surface area contributed by atoms with Crippen molar-refractivity contribution in [2.45, 2.75) is 118 Å². The van der Waals surface area contributed by atoms with Gasteiger partial charge in [-0.05, 0) is 128 Å². The van der Waals surface area contributed by atoms with E-state index in [9.17, 15) is 9.90 Å². The van der Waals surface area contributed by atoms with Gasteiger partial charge in [0.05, 0.1) is 18.6 Å². The number of fused-ring (bicyclic) bond motifs is 7. The zero-order chi connectivity index (χ0) is 30.3. The van der Waals surface area contributed by atoms with Gasteiger partial charge < -0.3 is 15.2 Å². The molecule has 232 valence electrons. The van der Waals surface area contributed by atoms with Crippen LogP contribution in [-0.2, 0) is 11.3 Å². The van der Waals surface area contributed by atoms with Gasteiger partial charge in [0.25, 0.3) is 0 Å². The van der Waals surface area contributed by atoms with Gasteiger partial charge in [0.1, 0.15) is 5.75 Å². The van der Waals surface area contributed by atoms with Crippen LogP contribution in [0.1, 0.15) is 111 Å². The van der Waals surface area contributed by atoms with Crippen LogP contribution >= 0.6 is 0 Å². The first-order valence-corrected chi connectivity index (χ1v) is 17.0. The van der Waals surface area contributed by atoms with Gasteiger partial charge in [-0.15, -0.1) is 0 Å². The molecule has 10 atom stereocenters. The Morgan fingerprint density at radius 1 is 0.929 bits per heavy atom. The summed E-state index contributed by atoms with van der Waals surface area (Å²) < 4.78 is 5.59. The second kappa shape index (κ2) is 10.1. The number of methoxy groups -OCH3 is 1. The maximum absolute atomic E-state index is 14.4. The van der Waals surface area contributed by atoms with Crippen molar-refractivity contribution in [3.05, 3.63) is 42.0 Å². The molecule has 5 aliphatic rings. The topological polar surface area (TPSA) is 58.6 Å². The number of carbonyl (C=O) groups excluding carboxylic acids is 1. The number of aliphatic hydroxyl groups excluding tert-OH is 1. The highest BCUT2D eigenvalue weighted by Gasteiger charge is 2.71. The lowest BCUT2D eigenvalue weighted by Crippen LogP contribution is -2.67. The minimum absolute atomic E-state index is 0.0240. The number of rotatable bonds is 5. The number of carbonyl (C=O) groups is 1. The first-order valence-electron chi connectivity index (χ1n) is 17.0. The summed E-state index contributed by atoms with van der Waals surface area (Å²) in [5.41, 5.74) is 2.71. The minimum Gasteiger partial charge on any atom is -0.496 e. The Labute approximate surface area is 255 Å².